The van der Waals surface area contributed by atoms with Crippen LogP contribution < -0.4 is 5.32 Å². The summed E-state index contributed by atoms with van der Waals surface area (Å²) in [6, 6.07) is -0.0280. The number of hydrogen-bond donors (Lipinski definition) is 2. The normalized spacial score (nSPS) is 27.3. The van der Waals surface area contributed by atoms with E-state index in [0.717, 1.165) is 25.6 Å². The van der Waals surface area contributed by atoms with E-state index in [9.17, 15) is 13.5 Å². The third-order valence-electron chi connectivity index (χ3n) is 2.04. The van der Waals surface area contributed by atoms with Crippen LogP contribution in [0.1, 0.15) is 12.8 Å². The Balaban J connectivity index is 2.42. The first-order valence-electron chi connectivity index (χ1n) is 4.08. The maximum Gasteiger partial charge on any atom is 0.150 e. The van der Waals surface area contributed by atoms with Gasteiger partial charge in [0.25, 0.3) is 0 Å². The van der Waals surface area contributed by atoms with Crippen LogP contribution in [0, 0.1) is 0 Å². The predicted molar refractivity (Wildman–Crippen MR) is 46.7 cm³/mol. The summed E-state index contributed by atoms with van der Waals surface area (Å²) in [5.41, 5.74) is 0. The molecule has 2 atom stereocenters. The lowest BCUT2D eigenvalue weighted by atomic mass is 10.1. The topological polar surface area (TPSA) is 66.4 Å². The van der Waals surface area contributed by atoms with Crippen molar-refractivity contribution < 1.29 is 13.5 Å². The zero-order valence-electron chi connectivity index (χ0n) is 7.16. The average molecular weight is 193 g/mol. The number of aliphatic hydroxyl groups is 1. The Morgan fingerprint density at radius 2 is 2.33 bits per heavy atom. The van der Waals surface area contributed by atoms with Crippen molar-refractivity contribution in [3.8, 4) is 0 Å². The third-order valence-corrected chi connectivity index (χ3v) is 2.98. The highest BCUT2D eigenvalue weighted by Crippen LogP contribution is 2.10. The lowest BCUT2D eigenvalue weighted by Crippen LogP contribution is -2.39. The number of hydrogen-bond acceptors (Lipinski definition) is 4. The number of rotatable bonds is 3. The molecule has 0 saturated carbocycles. The molecule has 5 heteroatoms. The molecule has 0 aromatic rings. The van der Waals surface area contributed by atoms with Crippen molar-refractivity contribution in [2.24, 2.45) is 0 Å². The Hall–Kier alpha value is -0.130. The van der Waals surface area contributed by atoms with E-state index in [1.807, 2.05) is 0 Å². The largest absolute Gasteiger partial charge is 0.390 e. The Labute approximate surface area is 72.9 Å². The van der Waals surface area contributed by atoms with Gasteiger partial charge in [-0.2, -0.15) is 0 Å². The van der Waals surface area contributed by atoms with Crippen LogP contribution in [0.3, 0.4) is 0 Å². The Bertz CT molecular complexity index is 231. The SMILES string of the molecule is CS(=O)(=O)C[C@@H](O)[C@@H]1CCCN1. The minimum Gasteiger partial charge on any atom is -0.390 e. The number of sulfone groups is 1. The first-order chi connectivity index (χ1) is 5.49. The maximum absolute atomic E-state index is 10.8. The van der Waals surface area contributed by atoms with Gasteiger partial charge in [-0.05, 0) is 19.4 Å². The molecule has 0 unspecified atom stereocenters. The minimum atomic E-state index is -3.05. The Morgan fingerprint density at radius 3 is 2.75 bits per heavy atom. The third kappa shape index (κ3) is 3.08. The Kier molecular flexibility index (Phi) is 3.09. The van der Waals surface area contributed by atoms with Gasteiger partial charge in [-0.3, -0.25) is 0 Å². The molecule has 4 nitrogen and oxygen atoms in total. The lowest BCUT2D eigenvalue weighted by molar-refractivity contribution is 0.157. The summed E-state index contributed by atoms with van der Waals surface area (Å²) >= 11 is 0. The quantitative estimate of drug-likeness (QED) is 0.612. The average Bonchev–Trinajstić information content (AvgIpc) is 2.32. The van der Waals surface area contributed by atoms with Crippen molar-refractivity contribution >= 4 is 9.84 Å². The molecule has 1 heterocycles. The summed E-state index contributed by atoms with van der Waals surface area (Å²) in [6.45, 7) is 0.880. The van der Waals surface area contributed by atoms with Gasteiger partial charge in [0, 0.05) is 12.3 Å². The van der Waals surface area contributed by atoms with Crippen LogP contribution in [-0.4, -0.2) is 44.2 Å². The molecule has 72 valence electrons. The van der Waals surface area contributed by atoms with Crippen LogP contribution in [0.25, 0.3) is 0 Å². The van der Waals surface area contributed by atoms with Crippen LogP contribution >= 0.6 is 0 Å². The van der Waals surface area contributed by atoms with Gasteiger partial charge in [-0.25, -0.2) is 8.42 Å². The van der Waals surface area contributed by atoms with Crippen molar-refractivity contribution in [2.45, 2.75) is 25.0 Å². The van der Waals surface area contributed by atoms with Crippen molar-refractivity contribution in [3.63, 3.8) is 0 Å². The Morgan fingerprint density at radius 1 is 1.67 bits per heavy atom. The number of nitrogens with one attached hydrogen (secondary N) is 1. The molecule has 0 radical (unpaired) electrons. The summed E-state index contributed by atoms with van der Waals surface area (Å²) in [7, 11) is -3.05. The van der Waals surface area contributed by atoms with Crippen LogP contribution in [0.5, 0.6) is 0 Å². The second-order valence-electron chi connectivity index (χ2n) is 3.36. The molecule has 1 rings (SSSR count). The fraction of sp³-hybridized carbons (Fsp3) is 1.00. The summed E-state index contributed by atoms with van der Waals surface area (Å²) in [5, 5.41) is 12.5. The van der Waals surface area contributed by atoms with Crippen LogP contribution in [0.4, 0.5) is 0 Å². The van der Waals surface area contributed by atoms with Gasteiger partial charge >= 0.3 is 0 Å². The molecule has 12 heavy (non-hydrogen) atoms. The second kappa shape index (κ2) is 3.72. The predicted octanol–water partition coefficient (Wildman–Crippen LogP) is -0.856. The minimum absolute atomic E-state index is 0.0280. The molecular weight excluding hydrogens is 178 g/mol. The fourth-order valence-corrected chi connectivity index (χ4v) is 2.32. The monoisotopic (exact) mass is 193 g/mol. The molecule has 0 bridgehead atoms. The highest BCUT2D eigenvalue weighted by atomic mass is 32.2. The van der Waals surface area contributed by atoms with E-state index in [1.54, 1.807) is 0 Å². The first kappa shape index (κ1) is 9.95. The number of aliphatic hydroxyl groups excluding tert-OH is 1. The molecule has 1 aliphatic rings. The van der Waals surface area contributed by atoms with E-state index in [4.69, 9.17) is 0 Å². The molecule has 0 spiro atoms. The van der Waals surface area contributed by atoms with Crippen LogP contribution in [0.2, 0.25) is 0 Å². The zero-order chi connectivity index (χ0) is 9.19. The zero-order valence-corrected chi connectivity index (χ0v) is 7.97. The summed E-state index contributed by atoms with van der Waals surface area (Å²) in [4.78, 5) is 0. The molecule has 0 aliphatic carbocycles. The second-order valence-corrected chi connectivity index (χ2v) is 5.55. The van der Waals surface area contributed by atoms with E-state index >= 15 is 0 Å². The summed E-state index contributed by atoms with van der Waals surface area (Å²) in [5.74, 6) is -0.134. The lowest BCUT2D eigenvalue weighted by Gasteiger charge is -2.16. The van der Waals surface area contributed by atoms with Crippen LogP contribution in [-0.2, 0) is 9.84 Å². The van der Waals surface area contributed by atoms with Gasteiger partial charge in [0.2, 0.25) is 0 Å². The molecule has 1 aliphatic heterocycles. The van der Waals surface area contributed by atoms with Gasteiger partial charge in [0.15, 0.2) is 0 Å². The standard InChI is InChI=1S/C7H15NO3S/c1-12(10,11)5-7(9)6-3-2-4-8-6/h6-9H,2-5H2,1H3/t6-,7+/m0/s1. The molecule has 0 aromatic carbocycles. The summed E-state index contributed by atoms with van der Waals surface area (Å²) < 4.78 is 21.6. The van der Waals surface area contributed by atoms with Crippen molar-refractivity contribution in [1.82, 2.24) is 5.32 Å². The van der Waals surface area contributed by atoms with Gasteiger partial charge in [0.05, 0.1) is 11.9 Å². The highest BCUT2D eigenvalue weighted by Gasteiger charge is 2.25. The van der Waals surface area contributed by atoms with Gasteiger partial charge in [-0.1, -0.05) is 0 Å². The van der Waals surface area contributed by atoms with E-state index in [0.29, 0.717) is 0 Å². The van der Waals surface area contributed by atoms with Crippen molar-refractivity contribution in [3.05, 3.63) is 0 Å². The van der Waals surface area contributed by atoms with E-state index in [2.05, 4.69) is 5.32 Å². The molecule has 1 saturated heterocycles. The van der Waals surface area contributed by atoms with Crippen LogP contribution in [0.15, 0.2) is 0 Å². The maximum atomic E-state index is 10.8. The molecule has 1 fully saturated rings. The van der Waals surface area contributed by atoms with E-state index in [1.165, 1.54) is 0 Å². The van der Waals surface area contributed by atoms with Crippen molar-refractivity contribution in [1.29, 1.82) is 0 Å². The molecule has 2 N–H and O–H groups in total. The van der Waals surface area contributed by atoms with E-state index < -0.39 is 15.9 Å². The van der Waals surface area contributed by atoms with E-state index in [-0.39, 0.29) is 11.8 Å². The molecular formula is C7H15NO3S. The molecule has 0 aromatic heterocycles. The fourth-order valence-electron chi connectivity index (χ4n) is 1.47. The van der Waals surface area contributed by atoms with Crippen molar-refractivity contribution in [2.75, 3.05) is 18.6 Å². The van der Waals surface area contributed by atoms with Gasteiger partial charge in [0.1, 0.15) is 9.84 Å². The molecule has 0 amide bonds. The van der Waals surface area contributed by atoms with Gasteiger partial charge in [-0.15, -0.1) is 0 Å². The smallest absolute Gasteiger partial charge is 0.150 e. The highest BCUT2D eigenvalue weighted by molar-refractivity contribution is 7.90. The summed E-state index contributed by atoms with van der Waals surface area (Å²) in [6.07, 6.45) is 2.29. The first-order valence-corrected chi connectivity index (χ1v) is 6.14. The van der Waals surface area contributed by atoms with Gasteiger partial charge < -0.3 is 10.4 Å².